The minimum atomic E-state index is -0.0639. The Balaban J connectivity index is 3.96. The maximum absolute atomic E-state index is 11.8. The Kier molecular flexibility index (Phi) is 7.79. The molecule has 0 saturated heterocycles. The minimum Gasteiger partial charge on any atom is -0.343 e. The molecule has 0 N–H and O–H groups in total. The fourth-order valence-corrected chi connectivity index (χ4v) is 1.51. The molecule has 0 radical (unpaired) electrons. The smallest absolute Gasteiger partial charge is 0.226 e. The number of alkyl halides is 1. The van der Waals surface area contributed by atoms with Crippen molar-refractivity contribution >= 4 is 17.5 Å². The maximum atomic E-state index is 11.8. The van der Waals surface area contributed by atoms with Crippen molar-refractivity contribution in [1.82, 2.24) is 9.80 Å². The van der Waals surface area contributed by atoms with Gasteiger partial charge in [-0.2, -0.15) is 0 Å². The molecule has 0 heterocycles. The van der Waals surface area contributed by atoms with Gasteiger partial charge in [0.2, 0.25) is 5.91 Å². The van der Waals surface area contributed by atoms with Gasteiger partial charge in [-0.05, 0) is 34.0 Å². The van der Waals surface area contributed by atoms with Crippen molar-refractivity contribution in [1.29, 1.82) is 0 Å². The van der Waals surface area contributed by atoms with E-state index in [9.17, 15) is 4.79 Å². The number of hydrogen-bond donors (Lipinski definition) is 0. The zero-order valence-corrected chi connectivity index (χ0v) is 11.0. The van der Waals surface area contributed by atoms with Gasteiger partial charge in [-0.25, -0.2) is 0 Å². The second-order valence-corrected chi connectivity index (χ2v) is 4.44. The van der Waals surface area contributed by atoms with Gasteiger partial charge in [0, 0.05) is 24.9 Å². The summed E-state index contributed by atoms with van der Waals surface area (Å²) in [6.07, 6.45) is 1.02. The lowest BCUT2D eigenvalue weighted by Crippen LogP contribution is -2.37. The van der Waals surface area contributed by atoms with Gasteiger partial charge in [0.25, 0.3) is 0 Å². The van der Waals surface area contributed by atoms with Crippen molar-refractivity contribution in [2.75, 3.05) is 39.6 Å². The van der Waals surface area contributed by atoms with Crippen LogP contribution in [0.3, 0.4) is 0 Å². The van der Waals surface area contributed by atoms with E-state index in [1.54, 1.807) is 0 Å². The number of rotatable bonds is 7. The predicted molar refractivity (Wildman–Crippen MR) is 65.3 cm³/mol. The molecule has 15 heavy (non-hydrogen) atoms. The monoisotopic (exact) mass is 234 g/mol. The molecular weight excluding hydrogens is 212 g/mol. The molecule has 1 unspecified atom stereocenters. The second kappa shape index (κ2) is 7.94. The largest absolute Gasteiger partial charge is 0.343 e. The number of hydrogen-bond acceptors (Lipinski definition) is 2. The predicted octanol–water partition coefficient (Wildman–Crippen LogP) is 1.66. The third-order valence-corrected chi connectivity index (χ3v) is 2.84. The van der Waals surface area contributed by atoms with E-state index in [-0.39, 0.29) is 11.8 Å². The average molecular weight is 235 g/mol. The van der Waals surface area contributed by atoms with Gasteiger partial charge in [-0.1, -0.05) is 6.92 Å². The maximum Gasteiger partial charge on any atom is 0.226 e. The summed E-state index contributed by atoms with van der Waals surface area (Å²) in [5, 5.41) is 0. The van der Waals surface area contributed by atoms with Gasteiger partial charge < -0.3 is 9.80 Å². The molecule has 0 aromatic heterocycles. The molecule has 4 heteroatoms. The molecule has 0 fully saturated rings. The molecule has 0 aliphatic carbocycles. The zero-order chi connectivity index (χ0) is 11.8. The second-order valence-electron chi connectivity index (χ2n) is 4.13. The van der Waals surface area contributed by atoms with Crippen LogP contribution in [0.2, 0.25) is 0 Å². The highest BCUT2D eigenvalue weighted by atomic mass is 35.5. The van der Waals surface area contributed by atoms with Gasteiger partial charge in [0.05, 0.1) is 0 Å². The molecule has 0 bridgehead atoms. The van der Waals surface area contributed by atoms with E-state index in [4.69, 9.17) is 11.6 Å². The van der Waals surface area contributed by atoms with E-state index in [1.165, 1.54) is 0 Å². The first-order valence-electron chi connectivity index (χ1n) is 5.52. The van der Waals surface area contributed by atoms with Crippen LogP contribution >= 0.6 is 11.6 Å². The fraction of sp³-hybridized carbons (Fsp3) is 0.909. The first-order valence-corrected chi connectivity index (χ1v) is 6.05. The van der Waals surface area contributed by atoms with Gasteiger partial charge >= 0.3 is 0 Å². The van der Waals surface area contributed by atoms with E-state index in [0.717, 1.165) is 26.1 Å². The summed E-state index contributed by atoms with van der Waals surface area (Å²) >= 11 is 5.68. The van der Waals surface area contributed by atoms with E-state index < -0.39 is 0 Å². The lowest BCUT2D eigenvalue weighted by Gasteiger charge is -2.24. The molecule has 0 rings (SSSR count). The molecule has 1 atom stereocenters. The zero-order valence-electron chi connectivity index (χ0n) is 10.3. The lowest BCUT2D eigenvalue weighted by atomic mass is 10.2. The highest BCUT2D eigenvalue weighted by Gasteiger charge is 2.17. The quantitative estimate of drug-likeness (QED) is 0.626. The molecule has 1 amide bonds. The van der Waals surface area contributed by atoms with Crippen molar-refractivity contribution in [3.8, 4) is 0 Å². The highest BCUT2D eigenvalue weighted by molar-refractivity contribution is 6.19. The van der Waals surface area contributed by atoms with Crippen LogP contribution in [0.4, 0.5) is 0 Å². The summed E-state index contributed by atoms with van der Waals surface area (Å²) in [7, 11) is 4.08. The fourth-order valence-electron chi connectivity index (χ4n) is 1.38. The molecule has 0 aliphatic rings. The number of halogens is 1. The van der Waals surface area contributed by atoms with Gasteiger partial charge in [0.15, 0.2) is 0 Å². The summed E-state index contributed by atoms with van der Waals surface area (Å²) in [6, 6.07) is 0. The van der Waals surface area contributed by atoms with Crippen LogP contribution in [-0.4, -0.2) is 55.3 Å². The van der Waals surface area contributed by atoms with Crippen LogP contribution in [0.25, 0.3) is 0 Å². The summed E-state index contributed by atoms with van der Waals surface area (Å²) in [6.45, 7) is 6.50. The average Bonchev–Trinajstić information content (AvgIpc) is 2.22. The highest BCUT2D eigenvalue weighted by Crippen LogP contribution is 2.05. The Morgan fingerprint density at radius 2 is 1.93 bits per heavy atom. The van der Waals surface area contributed by atoms with Gasteiger partial charge in [-0.15, -0.1) is 11.6 Å². The molecule has 90 valence electrons. The van der Waals surface area contributed by atoms with Gasteiger partial charge in [-0.3, -0.25) is 4.79 Å². The Bertz CT molecular complexity index is 185. The molecule has 0 saturated carbocycles. The Labute approximate surface area is 98.4 Å². The van der Waals surface area contributed by atoms with Crippen LogP contribution in [0.5, 0.6) is 0 Å². The summed E-state index contributed by atoms with van der Waals surface area (Å²) in [5.74, 6) is 0.514. The normalized spacial score (nSPS) is 12.9. The van der Waals surface area contributed by atoms with Crippen LogP contribution in [-0.2, 0) is 4.79 Å². The van der Waals surface area contributed by atoms with E-state index >= 15 is 0 Å². The minimum absolute atomic E-state index is 0.0639. The molecule has 0 aliphatic heterocycles. The van der Waals surface area contributed by atoms with Gasteiger partial charge in [0.1, 0.15) is 0 Å². The van der Waals surface area contributed by atoms with Crippen LogP contribution in [0.15, 0.2) is 0 Å². The van der Waals surface area contributed by atoms with Crippen molar-refractivity contribution in [2.45, 2.75) is 20.3 Å². The van der Waals surface area contributed by atoms with E-state index in [0.29, 0.717) is 5.88 Å². The molecule has 3 nitrogen and oxygen atoms in total. The van der Waals surface area contributed by atoms with Crippen molar-refractivity contribution < 1.29 is 4.79 Å². The number of carbonyl (C=O) groups is 1. The Morgan fingerprint density at radius 1 is 1.33 bits per heavy atom. The molecule has 0 spiro atoms. The first-order chi connectivity index (χ1) is 7.02. The van der Waals surface area contributed by atoms with Crippen LogP contribution in [0, 0.1) is 5.92 Å². The third-order valence-electron chi connectivity index (χ3n) is 2.38. The van der Waals surface area contributed by atoms with Crippen LogP contribution < -0.4 is 0 Å². The van der Waals surface area contributed by atoms with E-state index in [2.05, 4.69) is 4.90 Å². The molecule has 0 aromatic carbocycles. The Morgan fingerprint density at radius 3 is 2.33 bits per heavy atom. The standard InChI is InChI=1S/C11H23ClN2O/c1-5-14(8-6-7-13(3)4)11(15)10(2)9-12/h10H,5-9H2,1-4H3. The van der Waals surface area contributed by atoms with Crippen LogP contribution in [0.1, 0.15) is 20.3 Å². The van der Waals surface area contributed by atoms with Crippen molar-refractivity contribution in [2.24, 2.45) is 5.92 Å². The topological polar surface area (TPSA) is 23.6 Å². The summed E-state index contributed by atoms with van der Waals surface area (Å²) in [4.78, 5) is 15.8. The number of nitrogens with zero attached hydrogens (tertiary/aromatic N) is 2. The summed E-state index contributed by atoms with van der Waals surface area (Å²) < 4.78 is 0. The summed E-state index contributed by atoms with van der Waals surface area (Å²) in [5.41, 5.74) is 0. The lowest BCUT2D eigenvalue weighted by molar-refractivity contribution is -0.134. The van der Waals surface area contributed by atoms with Crippen molar-refractivity contribution in [3.05, 3.63) is 0 Å². The first kappa shape index (κ1) is 14.7. The molecule has 0 aromatic rings. The third kappa shape index (κ3) is 6.00. The SMILES string of the molecule is CCN(CCCN(C)C)C(=O)C(C)CCl. The number of amides is 1. The molecular formula is C11H23ClN2O. The van der Waals surface area contributed by atoms with Crippen molar-refractivity contribution in [3.63, 3.8) is 0 Å². The Hall–Kier alpha value is -0.280. The van der Waals surface area contributed by atoms with E-state index in [1.807, 2.05) is 32.8 Å². The number of carbonyl (C=O) groups excluding carboxylic acids is 1.